The molecule has 0 fully saturated rings. The number of rotatable bonds is 4. The van der Waals surface area contributed by atoms with Gasteiger partial charge in [0.1, 0.15) is 75.4 Å². The summed E-state index contributed by atoms with van der Waals surface area (Å²) in [7, 11) is 0. The Morgan fingerprint density at radius 3 is 0.522 bits per heavy atom. The largest absolute Gasteiger partial charge is 0.487 e. The number of amides is 8. The number of aromatic nitrogens is 8. The Hall–Kier alpha value is -14.4. The van der Waals surface area contributed by atoms with E-state index in [-0.39, 0.29) is 286 Å². The number of aromatic amines is 2. The van der Waals surface area contributed by atoms with Gasteiger partial charge in [-0.2, -0.15) is 0 Å². The molecular weight excluding hydrogens is 1770 g/mol. The van der Waals surface area contributed by atoms with Gasteiger partial charge in [0.25, 0.3) is 47.3 Å². The normalized spacial score (nSPS) is 18.4. The number of imide groups is 4. The second-order valence-electron chi connectivity index (χ2n) is 31.8. The van der Waals surface area contributed by atoms with Gasteiger partial charge in [0.05, 0.1) is 226 Å². The maximum Gasteiger partial charge on any atom is 0.266 e. The number of ether oxygens (including phenoxy) is 20. The molecule has 0 radical (unpaired) electrons. The zero-order valence-corrected chi connectivity index (χ0v) is 73.1. The quantitative estimate of drug-likeness (QED) is 0.155. The van der Waals surface area contributed by atoms with Gasteiger partial charge in [-0.1, -0.05) is 0 Å². The van der Waals surface area contributed by atoms with Crippen LogP contribution in [0.3, 0.4) is 0 Å². The van der Waals surface area contributed by atoms with Gasteiger partial charge in [-0.05, 0) is 97.1 Å². The molecule has 11 aromatic rings. The van der Waals surface area contributed by atoms with Crippen LogP contribution < -0.4 is 57.5 Å². The standard InChI is InChI=1S/C96H86N12O28/c109-89-65-45-57-58(46-66(65)90(110)105(89)53-1-5-73-77(41-53)133-37-29-125-21-13-117-9-17-121-25-33-129-73)82-97-81(57)101-83-59-47-67-69(93(113)106(91(67)111)54-2-6-74-78(42-54)134-38-30-126-22-14-118-10-18-122-26-34-130-74)49-61(59)85(98-83)103-87-63-51-71-72(96(116)108(95(71)115)56-4-8-76-80(44-56)136-40-32-128-24-16-120-12-20-124-28-36-132-76)52-64(63)88(100-87)104-86-62-50-70-68(48-60(62)84(99-86)102-82)92(112)107(94(70)114)55-3-7-75-79(43-55)135-39-31-127-23-15-119-11-19-123-27-35-131-75/h1-8,41-52H,9-40H2,(H2,97,98,99,100,101,102,103,104). The molecule has 21 rings (SSSR count). The van der Waals surface area contributed by atoms with Crippen LogP contribution >= 0.6 is 0 Å². The van der Waals surface area contributed by atoms with Crippen molar-refractivity contribution in [2.45, 2.75) is 0 Å². The summed E-state index contributed by atoms with van der Waals surface area (Å²) in [6, 6.07) is 30.5. The van der Waals surface area contributed by atoms with Crippen LogP contribution in [0.15, 0.2) is 121 Å². The van der Waals surface area contributed by atoms with E-state index in [4.69, 9.17) is 125 Å². The van der Waals surface area contributed by atoms with Gasteiger partial charge >= 0.3 is 0 Å². The van der Waals surface area contributed by atoms with Gasteiger partial charge in [-0.25, -0.2) is 49.5 Å². The number of anilines is 4. The van der Waals surface area contributed by atoms with E-state index in [0.717, 1.165) is 19.6 Å². The van der Waals surface area contributed by atoms with Crippen molar-refractivity contribution in [2.75, 3.05) is 231 Å². The Bertz CT molecular complexity index is 6210. The molecule has 8 bridgehead atoms. The summed E-state index contributed by atoms with van der Waals surface area (Å²) < 4.78 is 118. The van der Waals surface area contributed by atoms with Gasteiger partial charge in [-0.15, -0.1) is 0 Å². The summed E-state index contributed by atoms with van der Waals surface area (Å²) in [4.78, 5) is 166. The molecule has 8 aromatic carbocycles. The minimum absolute atomic E-state index is 0.0222. The third-order valence-corrected chi connectivity index (χ3v) is 23.5. The lowest BCUT2D eigenvalue weighted by molar-refractivity contribution is 0.00708. The van der Waals surface area contributed by atoms with Crippen molar-refractivity contribution in [2.24, 2.45) is 0 Å². The number of hydrogen-bond acceptors (Lipinski definition) is 34. The van der Waals surface area contributed by atoms with Gasteiger partial charge in [0, 0.05) is 68.1 Å². The first-order valence-electron chi connectivity index (χ1n) is 44.4. The minimum atomic E-state index is -0.742. The molecule has 136 heavy (non-hydrogen) atoms. The molecule has 10 aliphatic heterocycles. The Morgan fingerprint density at radius 2 is 0.338 bits per heavy atom. The van der Waals surface area contributed by atoms with Gasteiger partial charge in [0.2, 0.25) is 0 Å². The first-order valence-corrected chi connectivity index (χ1v) is 44.4. The van der Waals surface area contributed by atoms with Crippen molar-refractivity contribution in [3.05, 3.63) is 166 Å². The second kappa shape index (κ2) is 39.3. The summed E-state index contributed by atoms with van der Waals surface area (Å²) in [5, 5.41) is 0.777. The maximum absolute atomic E-state index is 15.4. The number of H-pyrrole nitrogens is 2. The first kappa shape index (κ1) is 88.2. The fourth-order valence-corrected chi connectivity index (χ4v) is 17.0. The molecule has 40 heteroatoms. The van der Waals surface area contributed by atoms with E-state index in [0.29, 0.717) is 129 Å². The molecule has 698 valence electrons. The fraction of sp³-hybridized carbons (Fsp3) is 0.333. The maximum atomic E-state index is 15.4. The highest BCUT2D eigenvalue weighted by Gasteiger charge is 2.45. The van der Waals surface area contributed by atoms with Crippen LogP contribution in [0.4, 0.5) is 22.7 Å². The lowest BCUT2D eigenvalue weighted by atomic mass is 10.00. The molecule has 0 aliphatic carbocycles. The highest BCUT2D eigenvalue weighted by atomic mass is 16.6. The van der Waals surface area contributed by atoms with Crippen LogP contribution in [0.5, 0.6) is 46.0 Å². The van der Waals surface area contributed by atoms with Gasteiger partial charge in [0.15, 0.2) is 69.3 Å². The van der Waals surface area contributed by atoms with Crippen molar-refractivity contribution in [1.29, 1.82) is 0 Å². The predicted molar refractivity (Wildman–Crippen MR) is 480 cm³/mol. The zero-order chi connectivity index (χ0) is 92.3. The van der Waals surface area contributed by atoms with E-state index in [1.54, 1.807) is 48.5 Å². The third-order valence-electron chi connectivity index (χ3n) is 23.5. The van der Waals surface area contributed by atoms with Crippen LogP contribution in [0.25, 0.3) is 89.7 Å². The molecule has 0 saturated carbocycles. The Morgan fingerprint density at radius 1 is 0.176 bits per heavy atom. The number of carbonyl (C=O) groups excluding carboxylic acids is 8. The number of hydrogen-bond donors (Lipinski definition) is 2. The molecular formula is C96H86N12O28. The summed E-state index contributed by atoms with van der Waals surface area (Å²) in [6.45, 7) is 7.48. The fourth-order valence-electron chi connectivity index (χ4n) is 17.0. The predicted octanol–water partition coefficient (Wildman–Crippen LogP) is 9.36. The highest BCUT2D eigenvalue weighted by molar-refractivity contribution is 6.39. The number of benzene rings is 8. The van der Waals surface area contributed by atoms with Crippen LogP contribution in [-0.4, -0.2) is 299 Å². The summed E-state index contributed by atoms with van der Waals surface area (Å²) in [5.41, 5.74) is 0.562. The molecule has 40 nitrogen and oxygen atoms in total. The molecule has 10 aliphatic rings. The van der Waals surface area contributed by atoms with Crippen molar-refractivity contribution in [1.82, 2.24) is 39.9 Å². The lowest BCUT2D eigenvalue weighted by Gasteiger charge is -2.18. The monoisotopic (exact) mass is 1850 g/mol. The Labute approximate surface area is 771 Å². The molecule has 2 N–H and O–H groups in total. The molecule has 0 spiro atoms. The SMILES string of the molecule is O=C1c2cc3c(cc2C(=O)N1c1ccc2c(c1)OCCOCCOCCOCCO2)-c1nc-3nc2[nH]c(nc3nc(nc4[nH]c(n1)c1cc5c(cc41)C(=O)N(c1ccc4c(c1)OCCOCCOCCOCCO4)C5=O)-c1cc4c(cc1-3)C(=O)N(c1ccc3c(c1)OCCOCCOCCOCCO3)C4=O)c1cc3c(cc21)C(=O)N(c1ccc2c(c1)OCCOCCOCCOCCO2)C3=O. The van der Waals surface area contributed by atoms with E-state index < -0.39 is 47.3 Å². The van der Waals surface area contributed by atoms with Crippen molar-refractivity contribution < 1.29 is 133 Å². The molecule has 8 amide bonds. The topological polar surface area (TPSA) is 443 Å². The van der Waals surface area contributed by atoms with Gasteiger partial charge in [-0.3, -0.25) is 38.4 Å². The summed E-state index contributed by atoms with van der Waals surface area (Å²) in [5.74, 6) is -4.35. The lowest BCUT2D eigenvalue weighted by Crippen LogP contribution is -2.29. The summed E-state index contributed by atoms with van der Waals surface area (Å²) >= 11 is 0. The van der Waals surface area contributed by atoms with Crippen LogP contribution in [0.2, 0.25) is 0 Å². The van der Waals surface area contributed by atoms with E-state index in [9.17, 15) is 0 Å². The number of nitrogens with one attached hydrogen (secondary N) is 2. The molecule has 0 atom stereocenters. The van der Waals surface area contributed by atoms with Crippen LogP contribution in [0.1, 0.15) is 82.9 Å². The zero-order valence-electron chi connectivity index (χ0n) is 73.1. The van der Waals surface area contributed by atoms with E-state index in [1.165, 1.54) is 72.8 Å². The number of fused-ring (bicyclic) bond motifs is 28. The van der Waals surface area contributed by atoms with Crippen molar-refractivity contribution >= 4 is 114 Å². The van der Waals surface area contributed by atoms with E-state index >= 15 is 38.4 Å². The van der Waals surface area contributed by atoms with Crippen molar-refractivity contribution in [3.8, 4) is 91.5 Å². The van der Waals surface area contributed by atoms with E-state index in [1.807, 2.05) is 0 Å². The first-order chi connectivity index (χ1) is 66.8. The molecule has 3 aromatic heterocycles. The van der Waals surface area contributed by atoms with Crippen LogP contribution in [-0.2, 0) is 56.8 Å². The second-order valence-corrected chi connectivity index (χ2v) is 31.8. The molecule has 13 heterocycles. The van der Waals surface area contributed by atoms with Crippen molar-refractivity contribution in [3.63, 3.8) is 0 Å². The minimum Gasteiger partial charge on any atom is -0.487 e. The molecule has 0 unspecified atom stereocenters. The highest BCUT2D eigenvalue weighted by Crippen LogP contribution is 2.48. The molecule has 0 saturated heterocycles. The summed E-state index contributed by atoms with van der Waals surface area (Å²) in [6.07, 6.45) is 0. The van der Waals surface area contributed by atoms with E-state index in [2.05, 4.69) is 9.97 Å². The Balaban J connectivity index is 0.739. The average molecular weight is 1860 g/mol. The Kier molecular flexibility index (Phi) is 25.5. The van der Waals surface area contributed by atoms with Gasteiger partial charge < -0.3 is 105 Å². The smallest absolute Gasteiger partial charge is 0.266 e. The van der Waals surface area contributed by atoms with Crippen LogP contribution in [0, 0.1) is 0 Å². The number of nitrogens with zero attached hydrogens (tertiary/aromatic N) is 10. The average Bonchev–Trinajstić information content (AvgIpc) is 1.56. The third kappa shape index (κ3) is 17.6. The number of carbonyl (C=O) groups is 8.